The Balaban J connectivity index is 1.35. The fraction of sp³-hybridized carbons (Fsp3) is 0.375. The van der Waals surface area contributed by atoms with Crippen molar-refractivity contribution < 1.29 is 14.4 Å². The number of primary amides is 1. The van der Waals surface area contributed by atoms with Crippen LogP contribution in [0.25, 0.3) is 0 Å². The summed E-state index contributed by atoms with van der Waals surface area (Å²) >= 11 is 0. The third-order valence-corrected chi connectivity index (χ3v) is 6.56. The lowest BCUT2D eigenvalue weighted by atomic mass is 9.88. The van der Waals surface area contributed by atoms with Crippen LogP contribution in [-0.2, 0) is 33.7 Å². The number of hydrogen-bond donors (Lipinski definition) is 3. The zero-order chi connectivity index (χ0) is 22.9. The summed E-state index contributed by atoms with van der Waals surface area (Å²) in [4.78, 5) is 42.4. The Hall–Kier alpha value is -3.59. The highest BCUT2D eigenvalue weighted by molar-refractivity contribution is 5.82. The number of hydrogen-bond acceptors (Lipinski definition) is 7. The third kappa shape index (κ3) is 4.23. The number of carbonyl (C=O) groups is 2. The van der Waals surface area contributed by atoms with Gasteiger partial charge in [0.1, 0.15) is 11.5 Å². The minimum atomic E-state index is -0.280. The molecule has 33 heavy (non-hydrogen) atoms. The minimum Gasteiger partial charge on any atom is -0.369 e. The van der Waals surface area contributed by atoms with Crippen molar-refractivity contribution in [1.29, 1.82) is 0 Å². The number of nitrogens with zero attached hydrogens (tertiary/aromatic N) is 3. The van der Waals surface area contributed by atoms with Crippen molar-refractivity contribution in [3.63, 3.8) is 0 Å². The quantitative estimate of drug-likeness (QED) is 0.417. The molecule has 0 radical (unpaired) electrons. The number of hydroxylamine groups is 1. The number of aromatic nitrogens is 2. The lowest BCUT2D eigenvalue weighted by molar-refractivity contribution is -0.130. The molecule has 2 aromatic rings. The number of carbonyl (C=O) groups excluding carboxylic acids is 2. The van der Waals surface area contributed by atoms with Crippen molar-refractivity contribution >= 4 is 29.5 Å². The van der Waals surface area contributed by atoms with E-state index in [4.69, 9.17) is 15.7 Å². The number of amides is 2. The van der Waals surface area contributed by atoms with Crippen LogP contribution in [0, 0.1) is 17.8 Å². The maximum atomic E-state index is 12.1. The van der Waals surface area contributed by atoms with E-state index < -0.39 is 0 Å². The van der Waals surface area contributed by atoms with Crippen LogP contribution in [0.1, 0.15) is 29.1 Å². The number of anilines is 1. The van der Waals surface area contributed by atoms with Gasteiger partial charge >= 0.3 is 0 Å². The van der Waals surface area contributed by atoms with E-state index >= 15 is 0 Å². The van der Waals surface area contributed by atoms with Gasteiger partial charge in [-0.3, -0.25) is 19.4 Å². The molecule has 1 saturated carbocycles. The number of fused-ring (bicyclic) bond motifs is 3. The fourth-order valence-electron chi connectivity index (χ4n) is 5.09. The molecule has 0 saturated heterocycles. The van der Waals surface area contributed by atoms with Crippen molar-refractivity contribution in [2.45, 2.75) is 31.7 Å². The van der Waals surface area contributed by atoms with E-state index in [0.29, 0.717) is 24.5 Å². The van der Waals surface area contributed by atoms with Crippen LogP contribution < -0.4 is 16.5 Å². The molecule has 2 aliphatic carbocycles. The highest BCUT2D eigenvalue weighted by Crippen LogP contribution is 2.45. The molecule has 9 nitrogen and oxygen atoms in total. The fourth-order valence-corrected chi connectivity index (χ4v) is 5.09. The maximum Gasteiger partial charge on any atom is 0.247 e. The zero-order valence-corrected chi connectivity index (χ0v) is 18.3. The van der Waals surface area contributed by atoms with E-state index in [1.165, 1.54) is 7.11 Å². The molecule has 0 spiro atoms. The molecule has 1 aromatic heterocycles. The van der Waals surface area contributed by atoms with Gasteiger partial charge < -0.3 is 11.1 Å². The first-order valence-corrected chi connectivity index (χ1v) is 11.1. The molecule has 3 aliphatic rings. The Morgan fingerprint density at radius 3 is 2.64 bits per heavy atom. The van der Waals surface area contributed by atoms with Gasteiger partial charge in [0.2, 0.25) is 11.8 Å². The molecule has 2 heterocycles. The molecule has 9 heteroatoms. The van der Waals surface area contributed by atoms with Crippen LogP contribution in [0.2, 0.25) is 0 Å². The lowest BCUT2D eigenvalue weighted by Gasteiger charge is -2.27. The molecular weight excluding hydrogens is 420 g/mol. The second-order valence-corrected chi connectivity index (χ2v) is 8.75. The summed E-state index contributed by atoms with van der Waals surface area (Å²) in [6.45, 7) is 0. The minimum absolute atomic E-state index is 0.0855. The summed E-state index contributed by atoms with van der Waals surface area (Å²) in [7, 11) is 1.41. The summed E-state index contributed by atoms with van der Waals surface area (Å²) < 4.78 is 0. The Morgan fingerprint density at radius 1 is 1.12 bits per heavy atom. The van der Waals surface area contributed by atoms with Crippen LogP contribution in [0.15, 0.2) is 41.4 Å². The van der Waals surface area contributed by atoms with Crippen molar-refractivity contribution in [3.8, 4) is 0 Å². The SMILES string of the molecule is CONC(=O)Cc1ccc(Cc2nc3c(c(NC4C5C=CC(C5)C4C(N)=O)n2)N=CC3)cc1. The Morgan fingerprint density at radius 2 is 1.88 bits per heavy atom. The molecule has 170 valence electrons. The number of allylic oxidation sites excluding steroid dienone is 1. The van der Waals surface area contributed by atoms with Gasteiger partial charge in [0.05, 0.1) is 25.1 Å². The molecule has 4 unspecified atom stereocenters. The van der Waals surface area contributed by atoms with Crippen LogP contribution in [0.4, 0.5) is 11.5 Å². The molecule has 2 amide bonds. The van der Waals surface area contributed by atoms with Gasteiger partial charge in [0.15, 0.2) is 5.82 Å². The first-order valence-electron chi connectivity index (χ1n) is 11.1. The first-order chi connectivity index (χ1) is 16.0. The number of benzene rings is 1. The zero-order valence-electron chi connectivity index (χ0n) is 18.3. The van der Waals surface area contributed by atoms with E-state index in [-0.39, 0.29) is 42.0 Å². The number of nitrogens with one attached hydrogen (secondary N) is 2. The van der Waals surface area contributed by atoms with Gasteiger partial charge in [-0.1, -0.05) is 36.4 Å². The second kappa shape index (κ2) is 8.74. The van der Waals surface area contributed by atoms with E-state index in [0.717, 1.165) is 28.9 Å². The van der Waals surface area contributed by atoms with Crippen molar-refractivity contribution in [1.82, 2.24) is 15.4 Å². The Labute approximate surface area is 191 Å². The summed E-state index contributed by atoms with van der Waals surface area (Å²) in [5, 5.41) is 3.50. The van der Waals surface area contributed by atoms with Gasteiger partial charge in [-0.05, 0) is 29.4 Å². The predicted molar refractivity (Wildman–Crippen MR) is 123 cm³/mol. The molecule has 5 rings (SSSR count). The third-order valence-electron chi connectivity index (χ3n) is 6.56. The summed E-state index contributed by atoms with van der Waals surface area (Å²) in [5.74, 6) is 1.06. The van der Waals surface area contributed by atoms with Gasteiger partial charge in [-0.2, -0.15) is 0 Å². The van der Waals surface area contributed by atoms with Crippen LogP contribution >= 0.6 is 0 Å². The van der Waals surface area contributed by atoms with Crippen LogP contribution in [-0.4, -0.2) is 41.1 Å². The van der Waals surface area contributed by atoms with Crippen molar-refractivity contribution in [2.75, 3.05) is 12.4 Å². The maximum absolute atomic E-state index is 12.1. The van der Waals surface area contributed by atoms with Crippen molar-refractivity contribution in [2.24, 2.45) is 28.5 Å². The highest BCUT2D eigenvalue weighted by atomic mass is 16.6. The molecule has 1 aromatic carbocycles. The van der Waals surface area contributed by atoms with E-state index in [2.05, 4.69) is 32.8 Å². The number of nitrogens with two attached hydrogens (primary N) is 1. The molecule has 2 bridgehead atoms. The van der Waals surface area contributed by atoms with Crippen LogP contribution in [0.3, 0.4) is 0 Å². The topological polar surface area (TPSA) is 132 Å². The normalized spacial score (nSPS) is 24.2. The average Bonchev–Trinajstić information content (AvgIpc) is 3.51. The monoisotopic (exact) mass is 446 g/mol. The van der Waals surface area contributed by atoms with E-state index in [9.17, 15) is 9.59 Å². The van der Waals surface area contributed by atoms with Gasteiger partial charge in [0, 0.05) is 25.1 Å². The van der Waals surface area contributed by atoms with Gasteiger partial charge in [-0.15, -0.1) is 0 Å². The van der Waals surface area contributed by atoms with Gasteiger partial charge in [0.25, 0.3) is 0 Å². The highest BCUT2D eigenvalue weighted by Gasteiger charge is 2.47. The van der Waals surface area contributed by atoms with Crippen molar-refractivity contribution in [3.05, 3.63) is 59.1 Å². The van der Waals surface area contributed by atoms with E-state index in [1.807, 2.05) is 30.5 Å². The Kier molecular flexibility index (Phi) is 5.63. The molecule has 1 aliphatic heterocycles. The molecular formula is C24H26N6O3. The summed E-state index contributed by atoms with van der Waals surface area (Å²) in [5.41, 5.74) is 11.6. The average molecular weight is 447 g/mol. The van der Waals surface area contributed by atoms with Gasteiger partial charge in [-0.25, -0.2) is 15.4 Å². The smallest absolute Gasteiger partial charge is 0.247 e. The Bertz CT molecular complexity index is 1140. The first kappa shape index (κ1) is 21.3. The molecule has 1 fully saturated rings. The van der Waals surface area contributed by atoms with Crippen LogP contribution in [0.5, 0.6) is 0 Å². The lowest BCUT2D eigenvalue weighted by Crippen LogP contribution is -2.41. The predicted octanol–water partition coefficient (Wildman–Crippen LogP) is 1.63. The summed E-state index contributed by atoms with van der Waals surface area (Å²) in [6.07, 6.45) is 8.49. The number of rotatable bonds is 8. The second-order valence-electron chi connectivity index (χ2n) is 8.75. The summed E-state index contributed by atoms with van der Waals surface area (Å²) in [6, 6.07) is 7.69. The largest absolute Gasteiger partial charge is 0.369 e. The van der Waals surface area contributed by atoms with E-state index in [1.54, 1.807) is 0 Å². The standard InChI is InChI=1S/C24H26N6O3/c1-33-30-19(31)11-14-4-2-13(3-5-14)10-18-27-17-8-9-26-22(17)24(28-18)29-21-16-7-6-15(12-16)20(21)23(25)32/h2-7,9,15-16,20-21H,8,10-12H2,1H3,(H2,25,32)(H,30,31)(H,27,28,29). The molecule has 4 atom stereocenters. The number of aliphatic imine (C=N–C) groups is 1. The molecule has 4 N–H and O–H groups in total.